The molecule has 0 aliphatic carbocycles. The van der Waals surface area contributed by atoms with Gasteiger partial charge in [0.05, 0.1) is 6.54 Å². The van der Waals surface area contributed by atoms with Crippen molar-refractivity contribution in [2.24, 2.45) is 5.73 Å². The Balaban J connectivity index is 0.00000289. The predicted molar refractivity (Wildman–Crippen MR) is 78.2 cm³/mol. The maximum atomic E-state index is 11.4. The van der Waals surface area contributed by atoms with Gasteiger partial charge in [-0.2, -0.15) is 0 Å². The molecule has 0 unspecified atom stereocenters. The van der Waals surface area contributed by atoms with Crippen LogP contribution in [0, 0.1) is 0 Å². The number of hydrogen-bond acceptors (Lipinski definition) is 3. The molecule has 6 heteroatoms. The first-order valence-electron chi connectivity index (χ1n) is 5.46. The van der Waals surface area contributed by atoms with Gasteiger partial charge in [-0.25, -0.2) is 0 Å². The number of carbonyl (C=O) groups excluding carboxylic acids is 1. The van der Waals surface area contributed by atoms with E-state index in [9.17, 15) is 4.79 Å². The third kappa shape index (κ3) is 6.23. The number of halogens is 2. The average molecular weight is 338 g/mol. The summed E-state index contributed by atoms with van der Waals surface area (Å²) in [6.45, 7) is 1.43. The number of benzene rings is 1. The number of amides is 1. The summed E-state index contributed by atoms with van der Waals surface area (Å²) in [6.07, 6.45) is 0.384. The summed E-state index contributed by atoms with van der Waals surface area (Å²) in [6, 6.07) is 7.59. The van der Waals surface area contributed by atoms with Crippen molar-refractivity contribution in [3.05, 3.63) is 28.7 Å². The summed E-state index contributed by atoms with van der Waals surface area (Å²) in [7, 11) is 1.75. The Morgan fingerprint density at radius 3 is 2.56 bits per heavy atom. The summed E-state index contributed by atoms with van der Waals surface area (Å²) in [4.78, 5) is 13.0. The topological polar surface area (TPSA) is 55.6 Å². The zero-order valence-electron chi connectivity index (χ0n) is 10.3. The van der Waals surface area contributed by atoms with Crippen LogP contribution >= 0.6 is 28.3 Å². The van der Waals surface area contributed by atoms with Crippen molar-refractivity contribution in [2.45, 2.75) is 6.42 Å². The smallest absolute Gasteiger partial charge is 0.223 e. The van der Waals surface area contributed by atoms with Crippen LogP contribution in [0.1, 0.15) is 6.42 Å². The van der Waals surface area contributed by atoms with Crippen LogP contribution in [-0.4, -0.2) is 37.6 Å². The monoisotopic (exact) mass is 336 g/mol. The summed E-state index contributed by atoms with van der Waals surface area (Å²) < 4.78 is 6.53. The van der Waals surface area contributed by atoms with Crippen molar-refractivity contribution in [3.8, 4) is 5.75 Å². The van der Waals surface area contributed by atoms with Gasteiger partial charge in [0.1, 0.15) is 12.4 Å². The molecule has 1 rings (SSSR count). The van der Waals surface area contributed by atoms with Crippen molar-refractivity contribution in [2.75, 3.05) is 26.7 Å². The highest BCUT2D eigenvalue weighted by Gasteiger charge is 2.06. The van der Waals surface area contributed by atoms with E-state index >= 15 is 0 Å². The number of likely N-dealkylation sites (N-methyl/N-ethyl adjacent to an activating group) is 1. The summed E-state index contributed by atoms with van der Waals surface area (Å²) in [5, 5.41) is 0. The maximum Gasteiger partial charge on any atom is 0.223 e. The van der Waals surface area contributed by atoms with Crippen molar-refractivity contribution in [3.63, 3.8) is 0 Å². The molecule has 102 valence electrons. The largest absolute Gasteiger partial charge is 0.492 e. The van der Waals surface area contributed by atoms with Crippen LogP contribution in [0.3, 0.4) is 0 Å². The molecular weight excluding hydrogens is 320 g/mol. The predicted octanol–water partition coefficient (Wildman–Crippen LogP) is 2.06. The van der Waals surface area contributed by atoms with E-state index < -0.39 is 0 Å². The quantitative estimate of drug-likeness (QED) is 0.864. The van der Waals surface area contributed by atoms with Gasteiger partial charge in [0, 0.05) is 24.5 Å². The van der Waals surface area contributed by atoms with Crippen molar-refractivity contribution >= 4 is 34.2 Å². The summed E-state index contributed by atoms with van der Waals surface area (Å²) in [5.41, 5.74) is 5.32. The normalized spacial score (nSPS) is 9.50. The van der Waals surface area contributed by atoms with E-state index in [4.69, 9.17) is 10.5 Å². The molecule has 0 fully saturated rings. The molecular formula is C12H18BrClN2O2. The van der Waals surface area contributed by atoms with Crippen LogP contribution in [0.2, 0.25) is 0 Å². The Hall–Kier alpha value is -0.780. The van der Waals surface area contributed by atoms with Crippen LogP contribution in [0.4, 0.5) is 0 Å². The molecule has 0 aliphatic heterocycles. The molecule has 18 heavy (non-hydrogen) atoms. The molecule has 2 N–H and O–H groups in total. The van der Waals surface area contributed by atoms with E-state index in [1.165, 1.54) is 0 Å². The van der Waals surface area contributed by atoms with Gasteiger partial charge in [0.25, 0.3) is 0 Å². The minimum atomic E-state index is 0. The van der Waals surface area contributed by atoms with Gasteiger partial charge in [-0.05, 0) is 24.3 Å². The zero-order chi connectivity index (χ0) is 12.7. The lowest BCUT2D eigenvalue weighted by atomic mass is 10.3. The van der Waals surface area contributed by atoms with Gasteiger partial charge >= 0.3 is 0 Å². The minimum absolute atomic E-state index is 0. The third-order valence-electron chi connectivity index (χ3n) is 2.29. The number of carbonyl (C=O) groups is 1. The Labute approximate surface area is 122 Å². The second kappa shape index (κ2) is 9.19. The zero-order valence-corrected chi connectivity index (χ0v) is 12.7. The number of hydrogen-bond donors (Lipinski definition) is 1. The number of rotatable bonds is 6. The van der Waals surface area contributed by atoms with E-state index in [-0.39, 0.29) is 18.3 Å². The Morgan fingerprint density at radius 2 is 2.00 bits per heavy atom. The van der Waals surface area contributed by atoms with E-state index in [0.717, 1.165) is 10.2 Å². The molecule has 0 saturated heterocycles. The minimum Gasteiger partial charge on any atom is -0.492 e. The van der Waals surface area contributed by atoms with Gasteiger partial charge < -0.3 is 15.4 Å². The van der Waals surface area contributed by atoms with E-state index in [0.29, 0.717) is 26.1 Å². The molecule has 0 saturated carbocycles. The fourth-order valence-electron chi connectivity index (χ4n) is 1.27. The van der Waals surface area contributed by atoms with Gasteiger partial charge in [-0.3, -0.25) is 4.79 Å². The fraction of sp³-hybridized carbons (Fsp3) is 0.417. The molecule has 0 spiro atoms. The maximum absolute atomic E-state index is 11.4. The van der Waals surface area contributed by atoms with Crippen LogP contribution in [0.5, 0.6) is 5.75 Å². The van der Waals surface area contributed by atoms with E-state index in [2.05, 4.69) is 15.9 Å². The standard InChI is InChI=1S/C12H17BrN2O2.ClH/c1-15(12(16)6-7-14)8-9-17-11-4-2-10(13)3-5-11;/h2-5H,6-9,14H2,1H3;1H. The van der Waals surface area contributed by atoms with Crippen molar-refractivity contribution in [1.29, 1.82) is 0 Å². The molecule has 0 aliphatic rings. The second-order valence-corrected chi connectivity index (χ2v) is 4.57. The first kappa shape index (κ1) is 17.2. The summed E-state index contributed by atoms with van der Waals surface area (Å²) in [5.74, 6) is 0.847. The van der Waals surface area contributed by atoms with Crippen LogP contribution in [0.25, 0.3) is 0 Å². The van der Waals surface area contributed by atoms with E-state index in [1.807, 2.05) is 24.3 Å². The summed E-state index contributed by atoms with van der Waals surface area (Å²) >= 11 is 3.35. The average Bonchev–Trinajstić information content (AvgIpc) is 2.32. The Bertz CT molecular complexity index is 360. The molecule has 0 radical (unpaired) electrons. The molecule has 0 atom stereocenters. The SMILES string of the molecule is CN(CCOc1ccc(Br)cc1)C(=O)CCN.Cl. The number of nitrogens with zero attached hydrogens (tertiary/aromatic N) is 1. The van der Waals surface area contributed by atoms with Gasteiger partial charge in [-0.15, -0.1) is 12.4 Å². The Kier molecular flexibility index (Phi) is 8.79. The molecule has 0 heterocycles. The molecule has 0 aromatic heterocycles. The lowest BCUT2D eigenvalue weighted by Gasteiger charge is -2.17. The number of ether oxygens (including phenoxy) is 1. The first-order chi connectivity index (χ1) is 8.13. The van der Waals surface area contributed by atoms with Gasteiger partial charge in [0.15, 0.2) is 0 Å². The third-order valence-corrected chi connectivity index (χ3v) is 2.82. The van der Waals surface area contributed by atoms with Crippen molar-refractivity contribution < 1.29 is 9.53 Å². The van der Waals surface area contributed by atoms with Crippen LogP contribution in [0.15, 0.2) is 28.7 Å². The molecule has 1 aromatic rings. The van der Waals surface area contributed by atoms with Gasteiger partial charge in [-0.1, -0.05) is 15.9 Å². The Morgan fingerprint density at radius 1 is 1.39 bits per heavy atom. The van der Waals surface area contributed by atoms with Crippen LogP contribution < -0.4 is 10.5 Å². The molecule has 4 nitrogen and oxygen atoms in total. The number of nitrogens with two attached hydrogens (primary N) is 1. The highest BCUT2D eigenvalue weighted by atomic mass is 79.9. The lowest BCUT2D eigenvalue weighted by molar-refractivity contribution is -0.130. The fourth-order valence-corrected chi connectivity index (χ4v) is 1.53. The van der Waals surface area contributed by atoms with Crippen LogP contribution in [-0.2, 0) is 4.79 Å². The molecule has 1 amide bonds. The lowest BCUT2D eigenvalue weighted by Crippen LogP contribution is -2.32. The molecule has 0 bridgehead atoms. The van der Waals surface area contributed by atoms with Gasteiger partial charge in [0.2, 0.25) is 5.91 Å². The highest BCUT2D eigenvalue weighted by Crippen LogP contribution is 2.15. The molecule has 1 aromatic carbocycles. The first-order valence-corrected chi connectivity index (χ1v) is 6.25. The van der Waals surface area contributed by atoms with Crippen molar-refractivity contribution in [1.82, 2.24) is 4.90 Å². The highest BCUT2D eigenvalue weighted by molar-refractivity contribution is 9.10. The van der Waals surface area contributed by atoms with E-state index in [1.54, 1.807) is 11.9 Å². The second-order valence-electron chi connectivity index (χ2n) is 3.66.